The van der Waals surface area contributed by atoms with Crippen LogP contribution in [-0.2, 0) is 11.2 Å². The standard InChI is InChI=1S/C17H26N2O2/c1-2-14-6-4-3-5-11-19(14)17(21)16(18)12-13-7-9-15(20)10-8-13/h7-10,14,16,20H,2-6,11-12,18H2,1H3/t14?,16-/m0/s1. The van der Waals surface area contributed by atoms with Crippen molar-refractivity contribution in [3.63, 3.8) is 0 Å². The second kappa shape index (κ2) is 7.46. The van der Waals surface area contributed by atoms with Crippen LogP contribution in [0.3, 0.4) is 0 Å². The Morgan fingerprint density at radius 3 is 2.71 bits per heavy atom. The normalized spacial score (nSPS) is 20.9. The highest BCUT2D eigenvalue weighted by atomic mass is 16.3. The molecule has 1 aromatic carbocycles. The second-order valence-electron chi connectivity index (χ2n) is 5.92. The smallest absolute Gasteiger partial charge is 0.240 e. The molecule has 2 rings (SSSR count). The van der Waals surface area contributed by atoms with Crippen molar-refractivity contribution >= 4 is 5.91 Å². The lowest BCUT2D eigenvalue weighted by molar-refractivity contribution is -0.134. The monoisotopic (exact) mass is 290 g/mol. The maximum Gasteiger partial charge on any atom is 0.240 e. The van der Waals surface area contributed by atoms with Crippen molar-refractivity contribution in [1.82, 2.24) is 4.90 Å². The van der Waals surface area contributed by atoms with Crippen LogP contribution in [0.25, 0.3) is 0 Å². The highest BCUT2D eigenvalue weighted by Crippen LogP contribution is 2.20. The summed E-state index contributed by atoms with van der Waals surface area (Å²) >= 11 is 0. The van der Waals surface area contributed by atoms with Crippen molar-refractivity contribution in [2.24, 2.45) is 5.73 Å². The molecule has 1 saturated heterocycles. The van der Waals surface area contributed by atoms with E-state index in [4.69, 9.17) is 5.73 Å². The lowest BCUT2D eigenvalue weighted by Gasteiger charge is -2.31. The molecule has 0 saturated carbocycles. The Morgan fingerprint density at radius 2 is 2.05 bits per heavy atom. The van der Waals surface area contributed by atoms with Crippen LogP contribution in [-0.4, -0.2) is 34.5 Å². The first-order chi connectivity index (χ1) is 10.1. The van der Waals surface area contributed by atoms with Crippen molar-refractivity contribution in [2.75, 3.05) is 6.54 Å². The predicted octanol–water partition coefficient (Wildman–Crippen LogP) is 2.44. The molecular weight excluding hydrogens is 264 g/mol. The summed E-state index contributed by atoms with van der Waals surface area (Å²) in [6.07, 6.45) is 6.09. The number of likely N-dealkylation sites (tertiary alicyclic amines) is 1. The first-order valence-electron chi connectivity index (χ1n) is 7.95. The zero-order valence-corrected chi connectivity index (χ0v) is 12.8. The number of aromatic hydroxyl groups is 1. The minimum Gasteiger partial charge on any atom is -0.508 e. The SMILES string of the molecule is CCC1CCCCCN1C(=O)[C@@H](N)Cc1ccc(O)cc1. The van der Waals surface area contributed by atoms with Gasteiger partial charge in [0.05, 0.1) is 6.04 Å². The number of carbonyl (C=O) groups excluding carboxylic acids is 1. The molecule has 0 radical (unpaired) electrons. The number of carbonyl (C=O) groups is 1. The number of hydrogen-bond donors (Lipinski definition) is 2. The molecule has 0 aromatic heterocycles. The maximum atomic E-state index is 12.6. The summed E-state index contributed by atoms with van der Waals surface area (Å²) in [6, 6.07) is 6.75. The van der Waals surface area contributed by atoms with Crippen LogP contribution in [0.5, 0.6) is 5.75 Å². The van der Waals surface area contributed by atoms with E-state index >= 15 is 0 Å². The van der Waals surface area contributed by atoms with Gasteiger partial charge in [0.1, 0.15) is 5.75 Å². The topological polar surface area (TPSA) is 66.6 Å². The van der Waals surface area contributed by atoms with E-state index in [9.17, 15) is 9.90 Å². The molecule has 116 valence electrons. The van der Waals surface area contributed by atoms with Crippen LogP contribution in [0.2, 0.25) is 0 Å². The lowest BCUT2D eigenvalue weighted by Crippen LogP contribution is -2.49. The molecule has 3 N–H and O–H groups in total. The number of amides is 1. The summed E-state index contributed by atoms with van der Waals surface area (Å²) in [6.45, 7) is 2.97. The van der Waals surface area contributed by atoms with Gasteiger partial charge < -0.3 is 15.7 Å². The largest absolute Gasteiger partial charge is 0.508 e. The molecular formula is C17H26N2O2. The predicted molar refractivity (Wildman–Crippen MR) is 84.0 cm³/mol. The Bertz CT molecular complexity index is 458. The quantitative estimate of drug-likeness (QED) is 0.895. The van der Waals surface area contributed by atoms with Crippen molar-refractivity contribution in [2.45, 2.75) is 57.5 Å². The van der Waals surface area contributed by atoms with Gasteiger partial charge in [0.2, 0.25) is 5.91 Å². The summed E-state index contributed by atoms with van der Waals surface area (Å²) in [5.41, 5.74) is 7.12. The van der Waals surface area contributed by atoms with E-state index in [1.807, 2.05) is 17.0 Å². The van der Waals surface area contributed by atoms with E-state index in [1.165, 1.54) is 12.8 Å². The van der Waals surface area contributed by atoms with Gasteiger partial charge in [-0.15, -0.1) is 0 Å². The fraction of sp³-hybridized carbons (Fsp3) is 0.588. The summed E-state index contributed by atoms with van der Waals surface area (Å²) in [5, 5.41) is 9.30. The van der Waals surface area contributed by atoms with E-state index in [0.717, 1.165) is 31.4 Å². The Morgan fingerprint density at radius 1 is 1.33 bits per heavy atom. The van der Waals surface area contributed by atoms with Crippen LogP contribution < -0.4 is 5.73 Å². The minimum atomic E-state index is -0.498. The number of phenolic OH excluding ortho intramolecular Hbond substituents is 1. The zero-order chi connectivity index (χ0) is 15.2. The van der Waals surface area contributed by atoms with Crippen molar-refractivity contribution in [1.29, 1.82) is 0 Å². The molecule has 0 aliphatic carbocycles. The number of rotatable bonds is 4. The number of nitrogens with zero attached hydrogens (tertiary/aromatic N) is 1. The van der Waals surface area contributed by atoms with Crippen LogP contribution in [0.4, 0.5) is 0 Å². The molecule has 1 aliphatic heterocycles. The lowest BCUT2D eigenvalue weighted by atomic mass is 10.0. The molecule has 1 fully saturated rings. The fourth-order valence-corrected chi connectivity index (χ4v) is 3.08. The maximum absolute atomic E-state index is 12.6. The molecule has 0 spiro atoms. The first-order valence-corrected chi connectivity index (χ1v) is 7.95. The Labute approximate surface area is 126 Å². The Balaban J connectivity index is 2.01. The third-order valence-corrected chi connectivity index (χ3v) is 4.34. The van der Waals surface area contributed by atoms with E-state index in [2.05, 4.69) is 6.92 Å². The van der Waals surface area contributed by atoms with Gasteiger partial charge in [0.15, 0.2) is 0 Å². The molecule has 1 heterocycles. The van der Waals surface area contributed by atoms with Crippen LogP contribution in [0.1, 0.15) is 44.6 Å². The fourth-order valence-electron chi connectivity index (χ4n) is 3.08. The highest BCUT2D eigenvalue weighted by Gasteiger charge is 2.27. The molecule has 1 aliphatic rings. The molecule has 1 amide bonds. The van der Waals surface area contributed by atoms with E-state index < -0.39 is 6.04 Å². The van der Waals surface area contributed by atoms with Crippen molar-refractivity contribution < 1.29 is 9.90 Å². The van der Waals surface area contributed by atoms with E-state index in [-0.39, 0.29) is 11.7 Å². The van der Waals surface area contributed by atoms with Gasteiger partial charge in [-0.05, 0) is 43.4 Å². The van der Waals surface area contributed by atoms with Crippen molar-refractivity contribution in [3.8, 4) is 5.75 Å². The van der Waals surface area contributed by atoms with Gasteiger partial charge in [0.25, 0.3) is 0 Å². The third kappa shape index (κ3) is 4.21. The number of hydrogen-bond acceptors (Lipinski definition) is 3. The second-order valence-corrected chi connectivity index (χ2v) is 5.92. The number of nitrogens with two attached hydrogens (primary N) is 1. The first kappa shape index (κ1) is 15.8. The summed E-state index contributed by atoms with van der Waals surface area (Å²) < 4.78 is 0. The summed E-state index contributed by atoms with van der Waals surface area (Å²) in [5.74, 6) is 0.300. The number of phenols is 1. The van der Waals surface area contributed by atoms with Gasteiger partial charge in [0, 0.05) is 12.6 Å². The van der Waals surface area contributed by atoms with E-state index in [0.29, 0.717) is 12.5 Å². The van der Waals surface area contributed by atoms with Gasteiger partial charge in [-0.25, -0.2) is 0 Å². The van der Waals surface area contributed by atoms with Gasteiger partial charge in [-0.1, -0.05) is 31.9 Å². The summed E-state index contributed by atoms with van der Waals surface area (Å²) in [7, 11) is 0. The molecule has 2 atom stereocenters. The summed E-state index contributed by atoms with van der Waals surface area (Å²) in [4.78, 5) is 14.6. The van der Waals surface area contributed by atoms with Crippen LogP contribution >= 0.6 is 0 Å². The molecule has 4 heteroatoms. The average Bonchev–Trinajstić information content (AvgIpc) is 2.73. The van der Waals surface area contributed by atoms with E-state index in [1.54, 1.807) is 12.1 Å². The molecule has 1 aromatic rings. The number of benzene rings is 1. The van der Waals surface area contributed by atoms with Crippen LogP contribution in [0, 0.1) is 0 Å². The Hall–Kier alpha value is -1.55. The molecule has 4 nitrogen and oxygen atoms in total. The molecule has 1 unspecified atom stereocenters. The highest BCUT2D eigenvalue weighted by molar-refractivity contribution is 5.82. The Kier molecular flexibility index (Phi) is 5.62. The zero-order valence-electron chi connectivity index (χ0n) is 12.8. The molecule has 21 heavy (non-hydrogen) atoms. The van der Waals surface area contributed by atoms with Gasteiger partial charge in [-0.3, -0.25) is 4.79 Å². The average molecular weight is 290 g/mol. The minimum absolute atomic E-state index is 0.0665. The molecule has 0 bridgehead atoms. The van der Waals surface area contributed by atoms with Gasteiger partial charge in [-0.2, -0.15) is 0 Å². The van der Waals surface area contributed by atoms with Gasteiger partial charge >= 0.3 is 0 Å². The van der Waals surface area contributed by atoms with Crippen LogP contribution in [0.15, 0.2) is 24.3 Å². The third-order valence-electron chi connectivity index (χ3n) is 4.34. The van der Waals surface area contributed by atoms with Crippen molar-refractivity contribution in [3.05, 3.63) is 29.8 Å².